The summed E-state index contributed by atoms with van der Waals surface area (Å²) in [5.74, 6) is -0.390. The molecule has 132 valence electrons. The van der Waals surface area contributed by atoms with E-state index >= 15 is 0 Å². The van der Waals surface area contributed by atoms with Crippen LogP contribution < -0.4 is 19.7 Å². The number of barbiturate groups is 1. The van der Waals surface area contributed by atoms with Crippen molar-refractivity contribution in [3.8, 4) is 11.5 Å². The number of hydrogen-bond acceptors (Lipinski definition) is 5. The quantitative estimate of drug-likeness (QED) is 0.674. The largest absolute Gasteiger partial charge is 0.497 e. The molecule has 0 unspecified atom stereocenters. The zero-order chi connectivity index (χ0) is 18.7. The van der Waals surface area contributed by atoms with Gasteiger partial charge in [-0.2, -0.15) is 0 Å². The number of nitrogens with one attached hydrogen (secondary N) is 1. The third kappa shape index (κ3) is 3.27. The van der Waals surface area contributed by atoms with Crippen LogP contribution in [0.1, 0.15) is 5.56 Å². The molecule has 26 heavy (non-hydrogen) atoms. The van der Waals surface area contributed by atoms with Crippen LogP contribution in [0, 0.1) is 0 Å². The van der Waals surface area contributed by atoms with Crippen LogP contribution >= 0.6 is 0 Å². The smallest absolute Gasteiger partial charge is 0.335 e. The summed E-state index contributed by atoms with van der Waals surface area (Å²) in [7, 11) is 3.00. The van der Waals surface area contributed by atoms with E-state index in [1.165, 1.54) is 26.4 Å². The Hall–Kier alpha value is -3.61. The van der Waals surface area contributed by atoms with Crippen LogP contribution in [0.5, 0.6) is 11.5 Å². The van der Waals surface area contributed by atoms with Crippen LogP contribution in [-0.4, -0.2) is 32.1 Å². The van der Waals surface area contributed by atoms with E-state index < -0.39 is 17.8 Å². The molecule has 7 nitrogen and oxygen atoms in total. The van der Waals surface area contributed by atoms with Crippen molar-refractivity contribution in [1.29, 1.82) is 0 Å². The van der Waals surface area contributed by atoms with Gasteiger partial charge in [-0.25, -0.2) is 9.69 Å². The van der Waals surface area contributed by atoms with E-state index in [4.69, 9.17) is 9.47 Å². The maximum absolute atomic E-state index is 12.8. The second kappa shape index (κ2) is 7.10. The molecule has 0 aromatic heterocycles. The first-order valence-corrected chi connectivity index (χ1v) is 7.73. The van der Waals surface area contributed by atoms with Gasteiger partial charge >= 0.3 is 6.03 Å². The molecule has 7 heteroatoms. The molecular weight excluding hydrogens is 336 g/mol. The number of amides is 4. The van der Waals surface area contributed by atoms with Gasteiger partial charge in [-0.3, -0.25) is 14.9 Å². The average molecular weight is 352 g/mol. The van der Waals surface area contributed by atoms with Gasteiger partial charge in [0, 0.05) is 6.07 Å². The lowest BCUT2D eigenvalue weighted by atomic mass is 10.1. The minimum Gasteiger partial charge on any atom is -0.497 e. The van der Waals surface area contributed by atoms with Crippen molar-refractivity contribution in [1.82, 2.24) is 5.32 Å². The highest BCUT2D eigenvalue weighted by Crippen LogP contribution is 2.25. The molecule has 0 bridgehead atoms. The van der Waals surface area contributed by atoms with Crippen LogP contribution in [0.3, 0.4) is 0 Å². The first-order chi connectivity index (χ1) is 12.5. The topological polar surface area (TPSA) is 84.9 Å². The molecule has 0 spiro atoms. The maximum atomic E-state index is 12.8. The van der Waals surface area contributed by atoms with Gasteiger partial charge < -0.3 is 9.47 Å². The molecule has 1 aliphatic rings. The highest BCUT2D eigenvalue weighted by Gasteiger charge is 2.36. The van der Waals surface area contributed by atoms with Crippen LogP contribution in [0.15, 0.2) is 54.1 Å². The molecule has 1 N–H and O–H groups in total. The molecule has 1 heterocycles. The van der Waals surface area contributed by atoms with Crippen LogP contribution in [0.4, 0.5) is 10.5 Å². The second-order valence-electron chi connectivity index (χ2n) is 5.44. The zero-order valence-electron chi connectivity index (χ0n) is 14.2. The normalized spacial score (nSPS) is 15.8. The Morgan fingerprint density at radius 3 is 2.27 bits per heavy atom. The lowest BCUT2D eigenvalue weighted by Gasteiger charge is -2.26. The monoisotopic (exact) mass is 352 g/mol. The Morgan fingerprint density at radius 1 is 0.923 bits per heavy atom. The second-order valence-corrected chi connectivity index (χ2v) is 5.44. The highest BCUT2D eigenvalue weighted by molar-refractivity contribution is 6.39. The van der Waals surface area contributed by atoms with Crippen molar-refractivity contribution in [2.24, 2.45) is 0 Å². The van der Waals surface area contributed by atoms with Gasteiger partial charge in [0.15, 0.2) is 0 Å². The Balaban J connectivity index is 2.01. The van der Waals surface area contributed by atoms with Crippen molar-refractivity contribution < 1.29 is 23.9 Å². The summed E-state index contributed by atoms with van der Waals surface area (Å²) in [4.78, 5) is 38.1. The van der Waals surface area contributed by atoms with Gasteiger partial charge in [0.05, 0.1) is 19.9 Å². The number of rotatable bonds is 4. The Bertz CT molecular complexity index is 920. The number of imide groups is 2. The molecule has 3 rings (SSSR count). The lowest BCUT2D eigenvalue weighted by Crippen LogP contribution is -2.54. The Labute approximate surface area is 149 Å². The molecule has 1 aliphatic heterocycles. The number of benzene rings is 2. The third-order valence-corrected chi connectivity index (χ3v) is 3.82. The van der Waals surface area contributed by atoms with E-state index in [1.807, 2.05) is 0 Å². The van der Waals surface area contributed by atoms with E-state index in [9.17, 15) is 14.4 Å². The van der Waals surface area contributed by atoms with Crippen molar-refractivity contribution >= 4 is 29.6 Å². The van der Waals surface area contributed by atoms with Crippen LogP contribution in [0.25, 0.3) is 6.08 Å². The average Bonchev–Trinajstić information content (AvgIpc) is 2.65. The van der Waals surface area contributed by atoms with Crippen molar-refractivity contribution in [2.75, 3.05) is 19.1 Å². The van der Waals surface area contributed by atoms with Gasteiger partial charge in [0.1, 0.15) is 17.1 Å². The van der Waals surface area contributed by atoms with Gasteiger partial charge in [-0.05, 0) is 35.9 Å². The SMILES string of the molecule is COc1cccc(/C=C2\C(=O)NC(=O)N(c3cccc(OC)c3)C2=O)c1. The van der Waals surface area contributed by atoms with Gasteiger partial charge in [0.2, 0.25) is 0 Å². The molecule has 2 aromatic rings. The summed E-state index contributed by atoms with van der Waals surface area (Å²) >= 11 is 0. The summed E-state index contributed by atoms with van der Waals surface area (Å²) < 4.78 is 10.3. The molecule has 0 aliphatic carbocycles. The number of hydrogen-bond donors (Lipinski definition) is 1. The summed E-state index contributed by atoms with van der Waals surface area (Å²) in [6, 6.07) is 12.5. The lowest BCUT2D eigenvalue weighted by molar-refractivity contribution is -0.122. The molecule has 1 fully saturated rings. The number of methoxy groups -OCH3 is 2. The molecular formula is C19H16N2O5. The standard InChI is InChI=1S/C19H16N2O5/c1-25-14-7-3-5-12(9-14)10-16-17(22)20-19(24)21(18(16)23)13-6-4-8-15(11-13)26-2/h3-11H,1-2H3,(H,20,22,24)/b16-10+. The Kier molecular flexibility index (Phi) is 4.70. The van der Waals surface area contributed by atoms with E-state index in [2.05, 4.69) is 5.32 Å². The summed E-state index contributed by atoms with van der Waals surface area (Å²) in [6.45, 7) is 0. The van der Waals surface area contributed by atoms with E-state index in [-0.39, 0.29) is 5.57 Å². The first kappa shape index (κ1) is 17.2. The van der Waals surface area contributed by atoms with Gasteiger partial charge in [0.25, 0.3) is 11.8 Å². The number of anilines is 1. The van der Waals surface area contributed by atoms with Gasteiger partial charge in [-0.1, -0.05) is 18.2 Å². The molecule has 2 aromatic carbocycles. The number of nitrogens with zero attached hydrogens (tertiary/aromatic N) is 1. The predicted molar refractivity (Wildman–Crippen MR) is 95.0 cm³/mol. The fourth-order valence-electron chi connectivity index (χ4n) is 2.54. The fraction of sp³-hybridized carbons (Fsp3) is 0.105. The van der Waals surface area contributed by atoms with Crippen molar-refractivity contribution in [3.05, 3.63) is 59.7 Å². The summed E-state index contributed by atoms with van der Waals surface area (Å²) in [5, 5.41) is 2.18. The van der Waals surface area contributed by atoms with Crippen LogP contribution in [0.2, 0.25) is 0 Å². The zero-order valence-corrected chi connectivity index (χ0v) is 14.2. The van der Waals surface area contributed by atoms with E-state index in [0.717, 1.165) is 4.90 Å². The first-order valence-electron chi connectivity index (χ1n) is 7.73. The van der Waals surface area contributed by atoms with Crippen LogP contribution in [-0.2, 0) is 9.59 Å². The number of urea groups is 1. The predicted octanol–water partition coefficient (Wildman–Crippen LogP) is 2.37. The molecule has 4 amide bonds. The molecule has 0 saturated carbocycles. The third-order valence-electron chi connectivity index (χ3n) is 3.82. The molecule has 0 radical (unpaired) electrons. The van der Waals surface area contributed by atoms with Crippen molar-refractivity contribution in [3.63, 3.8) is 0 Å². The number of carbonyl (C=O) groups excluding carboxylic acids is 3. The summed E-state index contributed by atoms with van der Waals surface area (Å²) in [6.07, 6.45) is 1.42. The molecule has 1 saturated heterocycles. The fourth-order valence-corrected chi connectivity index (χ4v) is 2.54. The van der Waals surface area contributed by atoms with E-state index in [1.54, 1.807) is 42.5 Å². The maximum Gasteiger partial charge on any atom is 0.335 e. The number of carbonyl (C=O) groups is 3. The van der Waals surface area contributed by atoms with E-state index in [0.29, 0.717) is 22.7 Å². The molecule has 0 atom stereocenters. The summed E-state index contributed by atoms with van der Waals surface area (Å²) in [5.41, 5.74) is 0.749. The highest BCUT2D eigenvalue weighted by atomic mass is 16.5. The minimum absolute atomic E-state index is 0.152. The van der Waals surface area contributed by atoms with Gasteiger partial charge in [-0.15, -0.1) is 0 Å². The Morgan fingerprint density at radius 2 is 1.58 bits per heavy atom. The minimum atomic E-state index is -0.809. The van der Waals surface area contributed by atoms with Crippen molar-refractivity contribution in [2.45, 2.75) is 0 Å². The number of ether oxygens (including phenoxy) is 2.